The Morgan fingerprint density at radius 1 is 1.55 bits per heavy atom. The number of aryl methyl sites for hydroxylation is 1. The summed E-state index contributed by atoms with van der Waals surface area (Å²) in [6.07, 6.45) is 3.02. The average molecular weight is 148 g/mol. The van der Waals surface area contributed by atoms with Crippen LogP contribution in [0, 0.1) is 0 Å². The van der Waals surface area contributed by atoms with Gasteiger partial charge in [-0.05, 0) is 23.6 Å². The van der Waals surface area contributed by atoms with E-state index in [1.165, 1.54) is 16.8 Å². The molecule has 0 bridgehead atoms. The Morgan fingerprint density at radius 3 is 3.27 bits per heavy atom. The molecule has 58 valence electrons. The highest BCUT2D eigenvalue weighted by molar-refractivity contribution is 5.32. The second-order valence-corrected chi connectivity index (χ2v) is 2.85. The summed E-state index contributed by atoms with van der Waals surface area (Å²) in [5.74, 6) is 0. The van der Waals surface area contributed by atoms with E-state index in [1.54, 1.807) is 0 Å². The van der Waals surface area contributed by atoms with E-state index in [9.17, 15) is 0 Å². The van der Waals surface area contributed by atoms with Crippen molar-refractivity contribution in [2.24, 2.45) is 0 Å². The molecule has 0 amide bonds. The van der Waals surface area contributed by atoms with E-state index in [0.717, 1.165) is 19.5 Å². The Hall–Kier alpha value is -0.890. The molecule has 0 fully saturated rings. The minimum absolute atomic E-state index is 0.948. The van der Waals surface area contributed by atoms with Gasteiger partial charge in [-0.3, -0.25) is 4.98 Å². The summed E-state index contributed by atoms with van der Waals surface area (Å²) in [6, 6.07) is 2.12. The Bertz CT molecular complexity index is 268. The molecule has 0 spiro atoms. The van der Waals surface area contributed by atoms with Crippen LogP contribution < -0.4 is 5.32 Å². The maximum Gasteiger partial charge on any atom is 0.0589 e. The van der Waals surface area contributed by atoms with Crippen LogP contribution in [-0.2, 0) is 19.5 Å². The molecule has 0 aromatic carbocycles. The molecule has 11 heavy (non-hydrogen) atoms. The molecule has 1 N–H and O–H groups in total. The molecule has 1 aromatic heterocycles. The van der Waals surface area contributed by atoms with Crippen LogP contribution in [0.15, 0.2) is 12.3 Å². The number of rotatable bonds is 1. The van der Waals surface area contributed by atoms with Gasteiger partial charge in [-0.2, -0.15) is 0 Å². The van der Waals surface area contributed by atoms with Crippen molar-refractivity contribution >= 4 is 0 Å². The SMILES string of the molecule is CCc1ccnc2c1CNC2. The van der Waals surface area contributed by atoms with Crippen molar-refractivity contribution in [2.45, 2.75) is 26.4 Å². The van der Waals surface area contributed by atoms with Crippen molar-refractivity contribution in [1.82, 2.24) is 10.3 Å². The summed E-state index contributed by atoms with van der Waals surface area (Å²) in [4.78, 5) is 4.31. The fourth-order valence-electron chi connectivity index (χ4n) is 1.59. The Kier molecular flexibility index (Phi) is 1.62. The normalized spacial score (nSPS) is 15.0. The van der Waals surface area contributed by atoms with Gasteiger partial charge in [0.25, 0.3) is 0 Å². The van der Waals surface area contributed by atoms with E-state index in [4.69, 9.17) is 0 Å². The van der Waals surface area contributed by atoms with Crippen molar-refractivity contribution in [3.8, 4) is 0 Å². The number of aromatic nitrogens is 1. The third-order valence-electron chi connectivity index (χ3n) is 2.22. The highest BCUT2D eigenvalue weighted by atomic mass is 14.9. The van der Waals surface area contributed by atoms with Gasteiger partial charge < -0.3 is 5.32 Å². The fraction of sp³-hybridized carbons (Fsp3) is 0.444. The van der Waals surface area contributed by atoms with Crippen LogP contribution in [0.1, 0.15) is 23.7 Å². The van der Waals surface area contributed by atoms with Gasteiger partial charge in [0.1, 0.15) is 0 Å². The van der Waals surface area contributed by atoms with Gasteiger partial charge >= 0.3 is 0 Å². The summed E-state index contributed by atoms with van der Waals surface area (Å²) < 4.78 is 0. The lowest BCUT2D eigenvalue weighted by Gasteiger charge is -2.02. The van der Waals surface area contributed by atoms with Crippen LogP contribution >= 0.6 is 0 Å². The third kappa shape index (κ3) is 1.03. The number of hydrogen-bond acceptors (Lipinski definition) is 2. The molecule has 0 unspecified atom stereocenters. The highest BCUT2D eigenvalue weighted by Crippen LogP contribution is 2.17. The first-order valence-electron chi connectivity index (χ1n) is 4.08. The van der Waals surface area contributed by atoms with Gasteiger partial charge in [0, 0.05) is 19.3 Å². The van der Waals surface area contributed by atoms with Crippen molar-refractivity contribution in [3.05, 3.63) is 29.1 Å². The van der Waals surface area contributed by atoms with E-state index < -0.39 is 0 Å². The van der Waals surface area contributed by atoms with Crippen molar-refractivity contribution in [3.63, 3.8) is 0 Å². The summed E-state index contributed by atoms with van der Waals surface area (Å²) >= 11 is 0. The smallest absolute Gasteiger partial charge is 0.0589 e. The predicted molar refractivity (Wildman–Crippen MR) is 44.2 cm³/mol. The summed E-state index contributed by atoms with van der Waals surface area (Å²) in [5.41, 5.74) is 4.11. The Labute approximate surface area is 66.7 Å². The van der Waals surface area contributed by atoms with E-state index in [0.29, 0.717) is 0 Å². The lowest BCUT2D eigenvalue weighted by atomic mass is 10.1. The second-order valence-electron chi connectivity index (χ2n) is 2.85. The minimum atomic E-state index is 0.948. The molecule has 1 aliphatic rings. The predicted octanol–water partition coefficient (Wildman–Crippen LogP) is 1.25. The highest BCUT2D eigenvalue weighted by Gasteiger charge is 2.13. The molecule has 1 aromatic rings. The van der Waals surface area contributed by atoms with Crippen LogP contribution in [0.3, 0.4) is 0 Å². The molecule has 2 heteroatoms. The maximum absolute atomic E-state index is 4.31. The maximum atomic E-state index is 4.31. The van der Waals surface area contributed by atoms with Crippen LogP contribution in [-0.4, -0.2) is 4.98 Å². The van der Waals surface area contributed by atoms with Gasteiger partial charge in [0.05, 0.1) is 5.69 Å². The standard InChI is InChI=1S/C9H12N2/c1-2-7-3-4-11-9-6-10-5-8(7)9/h3-4,10H,2,5-6H2,1H3. The number of hydrogen-bond donors (Lipinski definition) is 1. The molecule has 0 radical (unpaired) electrons. The van der Waals surface area contributed by atoms with E-state index in [-0.39, 0.29) is 0 Å². The number of nitrogens with zero attached hydrogens (tertiary/aromatic N) is 1. The molecule has 1 aliphatic heterocycles. The molecule has 2 rings (SSSR count). The average Bonchev–Trinajstić information content (AvgIpc) is 2.50. The summed E-state index contributed by atoms with van der Waals surface area (Å²) in [7, 11) is 0. The number of fused-ring (bicyclic) bond motifs is 1. The monoisotopic (exact) mass is 148 g/mol. The summed E-state index contributed by atoms with van der Waals surface area (Å²) in [6.45, 7) is 4.14. The fourth-order valence-corrected chi connectivity index (χ4v) is 1.59. The topological polar surface area (TPSA) is 24.9 Å². The number of pyridine rings is 1. The molecular weight excluding hydrogens is 136 g/mol. The Morgan fingerprint density at radius 2 is 2.45 bits per heavy atom. The zero-order valence-electron chi connectivity index (χ0n) is 6.72. The van der Waals surface area contributed by atoms with Crippen molar-refractivity contribution < 1.29 is 0 Å². The quantitative estimate of drug-likeness (QED) is 0.648. The first-order valence-corrected chi connectivity index (χ1v) is 4.08. The van der Waals surface area contributed by atoms with E-state index >= 15 is 0 Å². The minimum Gasteiger partial charge on any atom is -0.307 e. The lowest BCUT2D eigenvalue weighted by molar-refractivity contribution is 0.756. The van der Waals surface area contributed by atoms with E-state index in [2.05, 4.69) is 23.3 Å². The zero-order valence-corrected chi connectivity index (χ0v) is 6.72. The molecule has 0 saturated heterocycles. The number of nitrogens with one attached hydrogen (secondary N) is 1. The lowest BCUT2D eigenvalue weighted by Crippen LogP contribution is -2.00. The van der Waals surface area contributed by atoms with Crippen molar-refractivity contribution in [2.75, 3.05) is 0 Å². The van der Waals surface area contributed by atoms with Gasteiger partial charge in [0.15, 0.2) is 0 Å². The summed E-state index contributed by atoms with van der Waals surface area (Å²) in [5, 5.41) is 3.30. The molecule has 0 saturated carbocycles. The van der Waals surface area contributed by atoms with E-state index in [1.807, 2.05) is 6.20 Å². The molecule has 2 heterocycles. The van der Waals surface area contributed by atoms with Gasteiger partial charge in [-0.25, -0.2) is 0 Å². The second kappa shape index (κ2) is 2.62. The molecule has 0 aliphatic carbocycles. The first-order chi connectivity index (χ1) is 5.42. The first kappa shape index (κ1) is 6.80. The van der Waals surface area contributed by atoms with Gasteiger partial charge in [-0.15, -0.1) is 0 Å². The van der Waals surface area contributed by atoms with Gasteiger partial charge in [0.2, 0.25) is 0 Å². The van der Waals surface area contributed by atoms with Crippen LogP contribution in [0.4, 0.5) is 0 Å². The van der Waals surface area contributed by atoms with Crippen LogP contribution in [0.25, 0.3) is 0 Å². The largest absolute Gasteiger partial charge is 0.307 e. The van der Waals surface area contributed by atoms with Crippen molar-refractivity contribution in [1.29, 1.82) is 0 Å². The zero-order chi connectivity index (χ0) is 7.68. The molecule has 2 nitrogen and oxygen atoms in total. The van der Waals surface area contributed by atoms with Crippen LogP contribution in [0.2, 0.25) is 0 Å². The van der Waals surface area contributed by atoms with Gasteiger partial charge in [-0.1, -0.05) is 6.92 Å². The third-order valence-corrected chi connectivity index (χ3v) is 2.22. The molecule has 0 atom stereocenters. The molecular formula is C9H12N2. The van der Waals surface area contributed by atoms with Crippen LogP contribution in [0.5, 0.6) is 0 Å². The Balaban J connectivity index is 2.50.